The molecule has 88 valence electrons. The Labute approximate surface area is 91.5 Å². The van der Waals surface area contributed by atoms with Gasteiger partial charge < -0.3 is 10.2 Å². The Bertz CT molecular complexity index is 197. The summed E-state index contributed by atoms with van der Waals surface area (Å²) in [7, 11) is 0. The van der Waals surface area contributed by atoms with Gasteiger partial charge in [-0.05, 0) is 25.2 Å². The lowest BCUT2D eigenvalue weighted by atomic mass is 9.76. The highest BCUT2D eigenvalue weighted by molar-refractivity contribution is 5.71. The number of carbonyl (C=O) groups is 1. The molecule has 3 nitrogen and oxygen atoms in total. The highest BCUT2D eigenvalue weighted by Crippen LogP contribution is 2.33. The molecular formula is C12H22O3. The van der Waals surface area contributed by atoms with E-state index in [9.17, 15) is 9.90 Å². The third-order valence-corrected chi connectivity index (χ3v) is 3.44. The number of hydrogen-bond donors (Lipinski definition) is 2. The minimum absolute atomic E-state index is 0.192. The molecule has 2 unspecified atom stereocenters. The van der Waals surface area contributed by atoms with Crippen LogP contribution in [0.1, 0.15) is 51.9 Å². The summed E-state index contributed by atoms with van der Waals surface area (Å²) in [5.41, 5.74) is 0. The first kappa shape index (κ1) is 12.5. The number of aliphatic hydroxyl groups excluding tert-OH is 1. The highest BCUT2D eigenvalue weighted by atomic mass is 16.4. The number of aliphatic hydroxyl groups is 1. The second kappa shape index (κ2) is 6.11. The van der Waals surface area contributed by atoms with Gasteiger partial charge in [-0.2, -0.15) is 0 Å². The standard InChI is InChI=1S/C12H22O3/c1-2-6-10(13)11(12(14)15)9-7-4-3-5-8-9/h9-11,13H,2-8H2,1H3,(H,14,15). The van der Waals surface area contributed by atoms with Crippen LogP contribution in [0.3, 0.4) is 0 Å². The van der Waals surface area contributed by atoms with E-state index in [1.807, 2.05) is 6.92 Å². The molecule has 1 fully saturated rings. The molecule has 1 rings (SSSR count). The maximum Gasteiger partial charge on any atom is 0.309 e. The minimum Gasteiger partial charge on any atom is -0.481 e. The van der Waals surface area contributed by atoms with Crippen LogP contribution in [0.2, 0.25) is 0 Å². The van der Waals surface area contributed by atoms with E-state index in [2.05, 4.69) is 0 Å². The van der Waals surface area contributed by atoms with Crippen molar-refractivity contribution in [2.45, 2.75) is 58.0 Å². The lowest BCUT2D eigenvalue weighted by Gasteiger charge is -2.30. The summed E-state index contributed by atoms with van der Waals surface area (Å²) >= 11 is 0. The lowest BCUT2D eigenvalue weighted by molar-refractivity contribution is -0.149. The molecule has 0 aliphatic heterocycles. The van der Waals surface area contributed by atoms with E-state index in [1.54, 1.807) is 0 Å². The normalized spacial score (nSPS) is 22.3. The Morgan fingerprint density at radius 2 is 1.93 bits per heavy atom. The van der Waals surface area contributed by atoms with Gasteiger partial charge in [-0.15, -0.1) is 0 Å². The van der Waals surface area contributed by atoms with Gasteiger partial charge in [-0.1, -0.05) is 32.6 Å². The van der Waals surface area contributed by atoms with Gasteiger partial charge in [-0.25, -0.2) is 0 Å². The van der Waals surface area contributed by atoms with E-state index in [-0.39, 0.29) is 5.92 Å². The molecule has 0 radical (unpaired) electrons. The first-order valence-corrected chi connectivity index (χ1v) is 6.07. The molecule has 2 N–H and O–H groups in total. The first-order chi connectivity index (χ1) is 7.16. The van der Waals surface area contributed by atoms with Crippen molar-refractivity contribution < 1.29 is 15.0 Å². The number of carboxylic acids is 1. The number of hydrogen-bond acceptors (Lipinski definition) is 2. The van der Waals surface area contributed by atoms with Crippen molar-refractivity contribution in [2.24, 2.45) is 11.8 Å². The van der Waals surface area contributed by atoms with Crippen LogP contribution in [0.5, 0.6) is 0 Å². The molecule has 0 aromatic rings. The summed E-state index contributed by atoms with van der Waals surface area (Å²) in [5, 5.41) is 19.0. The average molecular weight is 214 g/mol. The van der Waals surface area contributed by atoms with Gasteiger partial charge >= 0.3 is 5.97 Å². The van der Waals surface area contributed by atoms with Crippen LogP contribution in [0.25, 0.3) is 0 Å². The molecule has 0 amide bonds. The van der Waals surface area contributed by atoms with Crippen molar-refractivity contribution in [1.82, 2.24) is 0 Å². The Morgan fingerprint density at radius 1 is 1.33 bits per heavy atom. The van der Waals surface area contributed by atoms with Crippen LogP contribution in [0.15, 0.2) is 0 Å². The van der Waals surface area contributed by atoms with E-state index in [4.69, 9.17) is 5.11 Å². The summed E-state index contributed by atoms with van der Waals surface area (Å²) in [5.74, 6) is -1.16. The molecule has 2 atom stereocenters. The van der Waals surface area contributed by atoms with Crippen LogP contribution in [-0.2, 0) is 4.79 Å². The predicted molar refractivity (Wildman–Crippen MR) is 58.6 cm³/mol. The number of carboxylic acid groups (broad SMARTS) is 1. The maximum absolute atomic E-state index is 11.2. The van der Waals surface area contributed by atoms with E-state index >= 15 is 0 Å². The smallest absolute Gasteiger partial charge is 0.309 e. The molecule has 1 saturated carbocycles. The molecule has 15 heavy (non-hydrogen) atoms. The van der Waals surface area contributed by atoms with E-state index in [0.29, 0.717) is 6.42 Å². The van der Waals surface area contributed by atoms with Crippen LogP contribution >= 0.6 is 0 Å². The van der Waals surface area contributed by atoms with Gasteiger partial charge in [0, 0.05) is 0 Å². The zero-order valence-electron chi connectivity index (χ0n) is 9.48. The molecule has 0 aromatic carbocycles. The Kier molecular flexibility index (Phi) is 5.09. The molecule has 1 aliphatic rings. The third-order valence-electron chi connectivity index (χ3n) is 3.44. The Hall–Kier alpha value is -0.570. The van der Waals surface area contributed by atoms with Crippen molar-refractivity contribution in [2.75, 3.05) is 0 Å². The van der Waals surface area contributed by atoms with Crippen LogP contribution in [0, 0.1) is 11.8 Å². The summed E-state index contributed by atoms with van der Waals surface area (Å²) in [6.45, 7) is 1.98. The summed E-state index contributed by atoms with van der Waals surface area (Å²) in [6.07, 6.45) is 6.18. The lowest BCUT2D eigenvalue weighted by Crippen LogP contribution is -2.35. The van der Waals surface area contributed by atoms with Crippen LogP contribution < -0.4 is 0 Å². The van der Waals surface area contributed by atoms with Gasteiger partial charge in [0.2, 0.25) is 0 Å². The highest BCUT2D eigenvalue weighted by Gasteiger charge is 2.34. The van der Waals surface area contributed by atoms with Gasteiger partial charge in [0.15, 0.2) is 0 Å². The van der Waals surface area contributed by atoms with Gasteiger partial charge in [0.25, 0.3) is 0 Å². The fourth-order valence-corrected chi connectivity index (χ4v) is 2.65. The minimum atomic E-state index is -0.817. The topological polar surface area (TPSA) is 57.5 Å². The van der Waals surface area contributed by atoms with Crippen molar-refractivity contribution in [3.05, 3.63) is 0 Å². The molecule has 0 aromatic heterocycles. The third kappa shape index (κ3) is 3.49. The monoisotopic (exact) mass is 214 g/mol. The average Bonchev–Trinajstić information content (AvgIpc) is 2.19. The van der Waals surface area contributed by atoms with Crippen molar-refractivity contribution >= 4 is 5.97 Å². The fourth-order valence-electron chi connectivity index (χ4n) is 2.65. The molecule has 3 heteroatoms. The second-order valence-corrected chi connectivity index (χ2v) is 4.62. The second-order valence-electron chi connectivity index (χ2n) is 4.62. The van der Waals surface area contributed by atoms with Crippen LogP contribution in [-0.4, -0.2) is 22.3 Å². The van der Waals surface area contributed by atoms with Gasteiger partial charge in [0.05, 0.1) is 12.0 Å². The van der Waals surface area contributed by atoms with Gasteiger partial charge in [0.1, 0.15) is 0 Å². The Balaban J connectivity index is 2.58. The summed E-state index contributed by atoms with van der Waals surface area (Å²) in [6, 6.07) is 0. The quantitative estimate of drug-likeness (QED) is 0.739. The van der Waals surface area contributed by atoms with E-state index < -0.39 is 18.0 Å². The zero-order valence-corrected chi connectivity index (χ0v) is 9.48. The number of rotatable bonds is 5. The van der Waals surface area contributed by atoms with Gasteiger partial charge in [-0.3, -0.25) is 4.79 Å². The molecule has 0 saturated heterocycles. The molecule has 0 spiro atoms. The van der Waals surface area contributed by atoms with Crippen molar-refractivity contribution in [3.63, 3.8) is 0 Å². The maximum atomic E-state index is 11.2. The van der Waals surface area contributed by atoms with Crippen LogP contribution in [0.4, 0.5) is 0 Å². The SMILES string of the molecule is CCCC(O)C(C(=O)O)C1CCCCC1. The first-order valence-electron chi connectivity index (χ1n) is 6.07. The Morgan fingerprint density at radius 3 is 2.40 bits per heavy atom. The van der Waals surface area contributed by atoms with Crippen molar-refractivity contribution in [1.29, 1.82) is 0 Å². The van der Waals surface area contributed by atoms with E-state index in [1.165, 1.54) is 6.42 Å². The van der Waals surface area contributed by atoms with E-state index in [0.717, 1.165) is 32.1 Å². The largest absolute Gasteiger partial charge is 0.481 e. The number of aliphatic carboxylic acids is 1. The predicted octanol–water partition coefficient (Wildman–Crippen LogP) is 2.43. The molecule has 0 bridgehead atoms. The molecular weight excluding hydrogens is 192 g/mol. The summed E-state index contributed by atoms with van der Waals surface area (Å²) < 4.78 is 0. The van der Waals surface area contributed by atoms with Crippen molar-refractivity contribution in [3.8, 4) is 0 Å². The zero-order chi connectivity index (χ0) is 11.3. The molecule has 1 aliphatic carbocycles. The fraction of sp³-hybridized carbons (Fsp3) is 0.917. The molecule has 0 heterocycles. The summed E-state index contributed by atoms with van der Waals surface area (Å²) in [4.78, 5) is 11.2.